The van der Waals surface area contributed by atoms with Crippen LogP contribution in [0.4, 0.5) is 10.5 Å². The van der Waals surface area contributed by atoms with E-state index in [1.807, 2.05) is 12.1 Å². The van der Waals surface area contributed by atoms with Gasteiger partial charge in [0, 0.05) is 44.5 Å². The third-order valence-electron chi connectivity index (χ3n) is 6.40. The van der Waals surface area contributed by atoms with Crippen molar-refractivity contribution in [3.63, 3.8) is 0 Å². The minimum absolute atomic E-state index is 0.0156. The Morgan fingerprint density at radius 1 is 1.07 bits per heavy atom. The molecule has 0 spiro atoms. The van der Waals surface area contributed by atoms with Gasteiger partial charge in [-0.25, -0.2) is 4.79 Å². The standard InChI is InChI=1S/C24H40N4O2/c1-19-16-20(2)18-27(17-19)13-5-4-12-25-24(29)26-21-10-14-28(15-11-21)22-6-8-23(30-3)9-7-22/h6-9,19-21H,4-5,10-18H2,1-3H3,(H2,25,26,29). The zero-order chi connectivity index (χ0) is 21.3. The molecule has 1 aromatic rings. The predicted octanol–water partition coefficient (Wildman–Crippen LogP) is 3.72. The van der Waals surface area contributed by atoms with Crippen molar-refractivity contribution < 1.29 is 9.53 Å². The Morgan fingerprint density at radius 2 is 1.73 bits per heavy atom. The molecular weight excluding hydrogens is 376 g/mol. The summed E-state index contributed by atoms with van der Waals surface area (Å²) >= 11 is 0. The van der Waals surface area contributed by atoms with E-state index in [4.69, 9.17) is 4.74 Å². The number of anilines is 1. The number of amides is 2. The van der Waals surface area contributed by atoms with Crippen LogP contribution >= 0.6 is 0 Å². The molecule has 6 nitrogen and oxygen atoms in total. The molecule has 0 aliphatic carbocycles. The van der Waals surface area contributed by atoms with Gasteiger partial charge in [-0.15, -0.1) is 0 Å². The van der Waals surface area contributed by atoms with Crippen molar-refractivity contribution in [2.24, 2.45) is 11.8 Å². The number of nitrogens with zero attached hydrogens (tertiary/aromatic N) is 2. The van der Waals surface area contributed by atoms with Gasteiger partial charge in [-0.3, -0.25) is 0 Å². The van der Waals surface area contributed by atoms with Crippen LogP contribution in [-0.4, -0.2) is 63.4 Å². The lowest BCUT2D eigenvalue weighted by atomic mass is 9.92. The lowest BCUT2D eigenvalue weighted by Gasteiger charge is -2.35. The Bertz CT molecular complexity index is 633. The molecule has 0 saturated carbocycles. The van der Waals surface area contributed by atoms with Gasteiger partial charge >= 0.3 is 6.03 Å². The summed E-state index contributed by atoms with van der Waals surface area (Å²) in [6.45, 7) is 11.0. The minimum atomic E-state index is -0.0156. The minimum Gasteiger partial charge on any atom is -0.497 e. The van der Waals surface area contributed by atoms with Crippen molar-refractivity contribution in [3.8, 4) is 5.75 Å². The highest BCUT2D eigenvalue weighted by molar-refractivity contribution is 5.74. The lowest BCUT2D eigenvalue weighted by molar-refractivity contribution is 0.139. The maximum Gasteiger partial charge on any atom is 0.315 e. The molecule has 2 N–H and O–H groups in total. The summed E-state index contributed by atoms with van der Waals surface area (Å²) in [5, 5.41) is 6.20. The van der Waals surface area contributed by atoms with Crippen LogP contribution in [0.15, 0.2) is 24.3 Å². The number of hydrogen-bond donors (Lipinski definition) is 2. The van der Waals surface area contributed by atoms with Gasteiger partial charge in [-0.1, -0.05) is 13.8 Å². The highest BCUT2D eigenvalue weighted by Gasteiger charge is 2.22. The first-order valence-corrected chi connectivity index (χ1v) is 11.7. The average molecular weight is 417 g/mol. The first-order valence-electron chi connectivity index (χ1n) is 11.7. The van der Waals surface area contributed by atoms with E-state index in [-0.39, 0.29) is 12.1 Å². The van der Waals surface area contributed by atoms with Gasteiger partial charge in [0.15, 0.2) is 0 Å². The summed E-state index contributed by atoms with van der Waals surface area (Å²) in [4.78, 5) is 17.2. The van der Waals surface area contributed by atoms with Gasteiger partial charge in [0.25, 0.3) is 0 Å². The lowest BCUT2D eigenvalue weighted by Crippen LogP contribution is -2.48. The van der Waals surface area contributed by atoms with Crippen molar-refractivity contribution in [1.82, 2.24) is 15.5 Å². The molecule has 2 amide bonds. The summed E-state index contributed by atoms with van der Waals surface area (Å²) in [5.74, 6) is 2.51. The van der Waals surface area contributed by atoms with Gasteiger partial charge in [0.2, 0.25) is 0 Å². The molecule has 2 unspecified atom stereocenters. The normalized spacial score (nSPS) is 23.2. The maximum absolute atomic E-state index is 12.2. The van der Waals surface area contributed by atoms with Gasteiger partial charge in [-0.05, 0) is 74.8 Å². The van der Waals surface area contributed by atoms with Crippen LogP contribution in [0.1, 0.15) is 46.0 Å². The van der Waals surface area contributed by atoms with Crippen LogP contribution in [0.5, 0.6) is 5.75 Å². The molecule has 2 fully saturated rings. The van der Waals surface area contributed by atoms with E-state index in [0.717, 1.165) is 69.4 Å². The van der Waals surface area contributed by atoms with Gasteiger partial charge < -0.3 is 25.2 Å². The average Bonchev–Trinajstić information content (AvgIpc) is 2.73. The molecule has 2 atom stereocenters. The quantitative estimate of drug-likeness (QED) is 0.634. The van der Waals surface area contributed by atoms with Crippen LogP contribution < -0.4 is 20.3 Å². The number of ether oxygens (including phenoxy) is 1. The van der Waals surface area contributed by atoms with E-state index in [9.17, 15) is 4.79 Å². The molecule has 2 aliphatic heterocycles. The van der Waals surface area contributed by atoms with E-state index in [1.165, 1.54) is 25.2 Å². The number of carbonyl (C=O) groups excluding carboxylic acids is 1. The number of methoxy groups -OCH3 is 1. The van der Waals surface area contributed by atoms with Crippen LogP contribution in [0.2, 0.25) is 0 Å². The molecule has 168 valence electrons. The molecule has 30 heavy (non-hydrogen) atoms. The Morgan fingerprint density at radius 3 is 2.37 bits per heavy atom. The first kappa shape index (κ1) is 22.7. The molecule has 0 aromatic heterocycles. The van der Waals surface area contributed by atoms with Crippen molar-refractivity contribution in [2.45, 2.75) is 52.0 Å². The topological polar surface area (TPSA) is 56.8 Å². The van der Waals surface area contributed by atoms with Crippen molar-refractivity contribution in [2.75, 3.05) is 51.3 Å². The number of rotatable bonds is 8. The van der Waals surface area contributed by atoms with Crippen LogP contribution in [0.25, 0.3) is 0 Å². The zero-order valence-corrected chi connectivity index (χ0v) is 19.0. The molecule has 2 heterocycles. The monoisotopic (exact) mass is 416 g/mol. The number of nitrogens with one attached hydrogen (secondary N) is 2. The van der Waals surface area contributed by atoms with Crippen LogP contribution in [0.3, 0.4) is 0 Å². The molecule has 2 aliphatic rings. The highest BCUT2D eigenvalue weighted by atomic mass is 16.5. The van der Waals surface area contributed by atoms with Crippen LogP contribution in [0, 0.1) is 11.8 Å². The fourth-order valence-electron chi connectivity index (χ4n) is 4.95. The van der Waals surface area contributed by atoms with Gasteiger partial charge in [-0.2, -0.15) is 0 Å². The van der Waals surface area contributed by atoms with Crippen LogP contribution in [-0.2, 0) is 0 Å². The Kier molecular flexibility index (Phi) is 8.67. The number of piperidine rings is 2. The fourth-order valence-corrected chi connectivity index (χ4v) is 4.95. The number of benzene rings is 1. The van der Waals surface area contributed by atoms with E-state index < -0.39 is 0 Å². The number of hydrogen-bond acceptors (Lipinski definition) is 4. The summed E-state index contributed by atoms with van der Waals surface area (Å²) < 4.78 is 5.23. The molecule has 2 saturated heterocycles. The Balaban J connectivity index is 1.26. The first-order chi connectivity index (χ1) is 14.5. The Labute approximate surface area is 182 Å². The SMILES string of the molecule is COc1ccc(N2CCC(NC(=O)NCCCCN3CC(C)CC(C)C3)CC2)cc1. The number of likely N-dealkylation sites (tertiary alicyclic amines) is 1. The fraction of sp³-hybridized carbons (Fsp3) is 0.708. The molecule has 6 heteroatoms. The van der Waals surface area contributed by atoms with E-state index in [1.54, 1.807) is 7.11 Å². The maximum atomic E-state index is 12.2. The molecule has 0 radical (unpaired) electrons. The second-order valence-corrected chi connectivity index (χ2v) is 9.27. The summed E-state index contributed by atoms with van der Waals surface area (Å²) in [6, 6.07) is 8.45. The molecular formula is C24H40N4O2. The van der Waals surface area contributed by atoms with Crippen molar-refractivity contribution in [1.29, 1.82) is 0 Å². The summed E-state index contributed by atoms with van der Waals surface area (Å²) in [6.07, 6.45) is 5.51. The van der Waals surface area contributed by atoms with E-state index in [2.05, 4.69) is 46.4 Å². The number of carbonyl (C=O) groups is 1. The largest absolute Gasteiger partial charge is 0.497 e. The van der Waals surface area contributed by atoms with Crippen molar-refractivity contribution >= 4 is 11.7 Å². The van der Waals surface area contributed by atoms with E-state index >= 15 is 0 Å². The van der Waals surface area contributed by atoms with Crippen molar-refractivity contribution in [3.05, 3.63) is 24.3 Å². The van der Waals surface area contributed by atoms with Gasteiger partial charge in [0.05, 0.1) is 7.11 Å². The number of urea groups is 1. The highest BCUT2D eigenvalue weighted by Crippen LogP contribution is 2.23. The smallest absolute Gasteiger partial charge is 0.315 e. The molecule has 0 bridgehead atoms. The summed E-state index contributed by atoms with van der Waals surface area (Å²) in [5.41, 5.74) is 1.22. The third-order valence-corrected chi connectivity index (χ3v) is 6.40. The summed E-state index contributed by atoms with van der Waals surface area (Å²) in [7, 11) is 1.69. The number of unbranched alkanes of at least 4 members (excludes halogenated alkanes) is 1. The second-order valence-electron chi connectivity index (χ2n) is 9.27. The third kappa shape index (κ3) is 7.08. The molecule has 1 aromatic carbocycles. The zero-order valence-electron chi connectivity index (χ0n) is 19.0. The second kappa shape index (κ2) is 11.4. The Hall–Kier alpha value is -1.95. The molecule has 3 rings (SSSR count). The predicted molar refractivity (Wildman–Crippen MR) is 123 cm³/mol. The van der Waals surface area contributed by atoms with E-state index in [0.29, 0.717) is 0 Å². The van der Waals surface area contributed by atoms with Gasteiger partial charge in [0.1, 0.15) is 5.75 Å².